The molecule has 2 rings (SSSR count). The van der Waals surface area contributed by atoms with Crippen molar-refractivity contribution in [2.75, 3.05) is 19.3 Å². The molecule has 14 heavy (non-hydrogen) atoms. The molecule has 76 valence electrons. The second kappa shape index (κ2) is 4.56. The van der Waals surface area contributed by atoms with E-state index in [1.54, 1.807) is 0 Å². The standard InChI is InChI=1S/C11H14ClNS/c1-13-7-8-5-6-14-11-9(8)3-2-4-10(11)12/h2-4,8,13H,5-7H2,1H3. The van der Waals surface area contributed by atoms with Crippen LogP contribution in [0.1, 0.15) is 17.9 Å². The Labute approximate surface area is 94.2 Å². The van der Waals surface area contributed by atoms with Crippen LogP contribution in [-0.2, 0) is 0 Å². The van der Waals surface area contributed by atoms with Crippen molar-refractivity contribution < 1.29 is 0 Å². The molecule has 0 radical (unpaired) electrons. The van der Waals surface area contributed by atoms with Gasteiger partial charge in [0.05, 0.1) is 5.02 Å². The van der Waals surface area contributed by atoms with Gasteiger partial charge in [-0.2, -0.15) is 0 Å². The molecule has 1 nitrogen and oxygen atoms in total. The van der Waals surface area contributed by atoms with Gasteiger partial charge in [0.2, 0.25) is 0 Å². The van der Waals surface area contributed by atoms with Crippen molar-refractivity contribution in [1.82, 2.24) is 5.32 Å². The molecule has 1 aliphatic rings. The number of benzene rings is 1. The summed E-state index contributed by atoms with van der Waals surface area (Å²) in [5, 5.41) is 4.16. The first-order valence-electron chi connectivity index (χ1n) is 4.88. The molecule has 0 amide bonds. The van der Waals surface area contributed by atoms with Crippen LogP contribution < -0.4 is 5.32 Å². The third-order valence-electron chi connectivity index (χ3n) is 2.60. The number of rotatable bonds is 2. The summed E-state index contributed by atoms with van der Waals surface area (Å²) in [7, 11) is 2.01. The number of fused-ring (bicyclic) bond motifs is 1. The maximum absolute atomic E-state index is 6.17. The van der Waals surface area contributed by atoms with Crippen LogP contribution in [0.15, 0.2) is 23.1 Å². The average molecular weight is 228 g/mol. The van der Waals surface area contributed by atoms with E-state index in [2.05, 4.69) is 17.4 Å². The Morgan fingerprint density at radius 2 is 2.43 bits per heavy atom. The number of nitrogens with one attached hydrogen (secondary N) is 1. The lowest BCUT2D eigenvalue weighted by atomic mass is 9.96. The summed E-state index contributed by atoms with van der Waals surface area (Å²) in [6.07, 6.45) is 1.25. The molecule has 1 aromatic rings. The molecule has 0 fully saturated rings. The Kier molecular flexibility index (Phi) is 3.37. The number of hydrogen-bond acceptors (Lipinski definition) is 2. The van der Waals surface area contributed by atoms with Crippen LogP contribution in [0.25, 0.3) is 0 Å². The second-order valence-corrected chi connectivity index (χ2v) is 5.06. The lowest BCUT2D eigenvalue weighted by Gasteiger charge is -2.25. The van der Waals surface area contributed by atoms with Crippen LogP contribution in [0.3, 0.4) is 0 Å². The average Bonchev–Trinajstić information content (AvgIpc) is 2.20. The summed E-state index contributed by atoms with van der Waals surface area (Å²) in [4.78, 5) is 1.29. The van der Waals surface area contributed by atoms with E-state index in [1.807, 2.05) is 24.9 Å². The molecule has 1 unspecified atom stereocenters. The number of likely N-dealkylation sites (N-methyl/N-ethyl adjacent to an activating group) is 1. The van der Waals surface area contributed by atoms with Gasteiger partial charge in [0.25, 0.3) is 0 Å². The molecule has 3 heteroatoms. The first-order valence-corrected chi connectivity index (χ1v) is 6.25. The third kappa shape index (κ3) is 1.92. The zero-order valence-electron chi connectivity index (χ0n) is 8.22. The van der Waals surface area contributed by atoms with Crippen LogP contribution in [-0.4, -0.2) is 19.3 Å². The van der Waals surface area contributed by atoms with Gasteiger partial charge in [-0.1, -0.05) is 23.7 Å². The third-order valence-corrected chi connectivity index (χ3v) is 4.21. The molecule has 1 N–H and O–H groups in total. The molecule has 0 aliphatic carbocycles. The maximum atomic E-state index is 6.17. The van der Waals surface area contributed by atoms with Crippen LogP contribution in [0.2, 0.25) is 5.02 Å². The largest absolute Gasteiger partial charge is 0.319 e. The smallest absolute Gasteiger partial charge is 0.0544 e. The minimum Gasteiger partial charge on any atom is -0.319 e. The van der Waals surface area contributed by atoms with Crippen LogP contribution in [0.4, 0.5) is 0 Å². The zero-order valence-corrected chi connectivity index (χ0v) is 9.79. The Balaban J connectivity index is 2.34. The van der Waals surface area contributed by atoms with Crippen molar-refractivity contribution in [2.45, 2.75) is 17.2 Å². The van der Waals surface area contributed by atoms with Gasteiger partial charge in [-0.15, -0.1) is 11.8 Å². The predicted octanol–water partition coefficient (Wildman–Crippen LogP) is 3.14. The molecule has 0 aromatic heterocycles. The number of hydrogen-bond donors (Lipinski definition) is 1. The summed E-state index contributed by atoms with van der Waals surface area (Å²) in [6, 6.07) is 6.24. The van der Waals surface area contributed by atoms with E-state index in [-0.39, 0.29) is 0 Å². The SMILES string of the molecule is CNCC1CCSc2c(Cl)cccc21. The van der Waals surface area contributed by atoms with Crippen LogP contribution in [0.5, 0.6) is 0 Å². The lowest BCUT2D eigenvalue weighted by Crippen LogP contribution is -2.20. The highest BCUT2D eigenvalue weighted by Crippen LogP contribution is 2.40. The Morgan fingerprint density at radius 3 is 3.21 bits per heavy atom. The maximum Gasteiger partial charge on any atom is 0.0544 e. The van der Waals surface area contributed by atoms with Crippen molar-refractivity contribution in [2.24, 2.45) is 0 Å². The van der Waals surface area contributed by atoms with Crippen LogP contribution >= 0.6 is 23.4 Å². The molecular formula is C11H14ClNS. The quantitative estimate of drug-likeness (QED) is 0.833. The van der Waals surface area contributed by atoms with Gasteiger partial charge in [0.1, 0.15) is 0 Å². The van der Waals surface area contributed by atoms with Crippen molar-refractivity contribution in [3.05, 3.63) is 28.8 Å². The lowest BCUT2D eigenvalue weighted by molar-refractivity contribution is 0.600. The van der Waals surface area contributed by atoms with E-state index < -0.39 is 0 Å². The number of thioether (sulfide) groups is 1. The predicted molar refractivity (Wildman–Crippen MR) is 63.5 cm³/mol. The highest BCUT2D eigenvalue weighted by atomic mass is 35.5. The molecule has 0 bridgehead atoms. The fourth-order valence-corrected chi connectivity index (χ4v) is 3.48. The number of halogens is 1. The Hall–Kier alpha value is -0.180. The fourth-order valence-electron chi connectivity index (χ4n) is 1.92. The van der Waals surface area contributed by atoms with E-state index in [9.17, 15) is 0 Å². The van der Waals surface area contributed by atoms with Gasteiger partial charge in [0.15, 0.2) is 0 Å². The van der Waals surface area contributed by atoms with Gasteiger partial charge >= 0.3 is 0 Å². The summed E-state index contributed by atoms with van der Waals surface area (Å²) < 4.78 is 0. The van der Waals surface area contributed by atoms with E-state index >= 15 is 0 Å². The van der Waals surface area contributed by atoms with E-state index in [0.717, 1.165) is 11.6 Å². The summed E-state index contributed by atoms with van der Waals surface area (Å²) in [5.74, 6) is 1.82. The van der Waals surface area contributed by atoms with Crippen LogP contribution in [0, 0.1) is 0 Å². The molecule has 1 heterocycles. The van der Waals surface area contributed by atoms with Gasteiger partial charge in [0, 0.05) is 11.4 Å². The molecule has 0 saturated heterocycles. The van der Waals surface area contributed by atoms with Crippen molar-refractivity contribution in [1.29, 1.82) is 0 Å². The topological polar surface area (TPSA) is 12.0 Å². The Morgan fingerprint density at radius 1 is 1.57 bits per heavy atom. The van der Waals surface area contributed by atoms with Gasteiger partial charge in [-0.25, -0.2) is 0 Å². The molecule has 1 aliphatic heterocycles. The minimum absolute atomic E-state index is 0.634. The van der Waals surface area contributed by atoms with Gasteiger partial charge in [-0.3, -0.25) is 0 Å². The highest BCUT2D eigenvalue weighted by molar-refractivity contribution is 7.99. The van der Waals surface area contributed by atoms with E-state index in [4.69, 9.17) is 11.6 Å². The van der Waals surface area contributed by atoms with Gasteiger partial charge < -0.3 is 5.32 Å². The first-order chi connectivity index (χ1) is 6.83. The van der Waals surface area contributed by atoms with E-state index in [0.29, 0.717) is 5.92 Å². The summed E-state index contributed by atoms with van der Waals surface area (Å²) in [5.41, 5.74) is 1.42. The normalized spacial score (nSPS) is 20.6. The van der Waals surface area contributed by atoms with Gasteiger partial charge in [-0.05, 0) is 36.8 Å². The molecule has 0 saturated carbocycles. The van der Waals surface area contributed by atoms with E-state index in [1.165, 1.54) is 22.6 Å². The molecular weight excluding hydrogens is 214 g/mol. The monoisotopic (exact) mass is 227 g/mol. The fraction of sp³-hybridized carbons (Fsp3) is 0.455. The Bertz CT molecular complexity index is 327. The van der Waals surface area contributed by atoms with Crippen molar-refractivity contribution >= 4 is 23.4 Å². The zero-order chi connectivity index (χ0) is 9.97. The molecule has 0 spiro atoms. The highest BCUT2D eigenvalue weighted by Gasteiger charge is 2.21. The summed E-state index contributed by atoms with van der Waals surface area (Å²) in [6.45, 7) is 1.05. The first kappa shape index (κ1) is 10.3. The van der Waals surface area contributed by atoms with Crippen molar-refractivity contribution in [3.63, 3.8) is 0 Å². The summed E-state index contributed by atoms with van der Waals surface area (Å²) >= 11 is 8.05. The van der Waals surface area contributed by atoms with Crippen molar-refractivity contribution in [3.8, 4) is 0 Å². The molecule has 1 atom stereocenters. The second-order valence-electron chi connectivity index (χ2n) is 3.55. The minimum atomic E-state index is 0.634. The molecule has 1 aromatic carbocycles.